The normalized spacial score (nSPS) is 12.4. The summed E-state index contributed by atoms with van der Waals surface area (Å²) in [6, 6.07) is 3.93. The molecular formula is C13H22N2O. The minimum Gasteiger partial charge on any atom is -0.492 e. The number of nitrogens with zero attached hydrogens (tertiary/aromatic N) is 1. The molecule has 0 aliphatic carbocycles. The van der Waals surface area contributed by atoms with E-state index in [2.05, 4.69) is 24.1 Å². The summed E-state index contributed by atoms with van der Waals surface area (Å²) in [5.41, 5.74) is 1.02. The first-order chi connectivity index (χ1) is 7.72. The van der Waals surface area contributed by atoms with Crippen LogP contribution in [0.4, 0.5) is 0 Å². The molecule has 1 unspecified atom stereocenters. The van der Waals surface area contributed by atoms with Crippen LogP contribution >= 0.6 is 0 Å². The van der Waals surface area contributed by atoms with Crippen molar-refractivity contribution in [3.63, 3.8) is 0 Å². The van der Waals surface area contributed by atoms with Crippen molar-refractivity contribution in [1.82, 2.24) is 10.3 Å². The average Bonchev–Trinajstić information content (AvgIpc) is 2.29. The topological polar surface area (TPSA) is 34.1 Å². The maximum Gasteiger partial charge on any atom is 0.137 e. The van der Waals surface area contributed by atoms with E-state index < -0.39 is 0 Å². The third-order valence-electron chi connectivity index (χ3n) is 2.34. The van der Waals surface area contributed by atoms with Gasteiger partial charge in [0.25, 0.3) is 0 Å². The lowest BCUT2D eigenvalue weighted by atomic mass is 10.2. The molecule has 1 rings (SSSR count). The van der Waals surface area contributed by atoms with E-state index in [9.17, 15) is 0 Å². The van der Waals surface area contributed by atoms with Gasteiger partial charge in [-0.2, -0.15) is 0 Å². The van der Waals surface area contributed by atoms with Crippen molar-refractivity contribution < 1.29 is 4.74 Å². The highest BCUT2D eigenvalue weighted by Crippen LogP contribution is 2.09. The largest absolute Gasteiger partial charge is 0.492 e. The van der Waals surface area contributed by atoms with Gasteiger partial charge in [-0.15, -0.1) is 0 Å². The van der Waals surface area contributed by atoms with E-state index in [1.165, 1.54) is 6.42 Å². The van der Waals surface area contributed by atoms with Crippen LogP contribution in [0.2, 0.25) is 0 Å². The van der Waals surface area contributed by atoms with Crippen molar-refractivity contribution in [3.8, 4) is 5.75 Å². The van der Waals surface area contributed by atoms with Crippen LogP contribution in [0.5, 0.6) is 5.75 Å². The van der Waals surface area contributed by atoms with E-state index in [0.29, 0.717) is 5.92 Å². The van der Waals surface area contributed by atoms with Crippen molar-refractivity contribution in [2.45, 2.75) is 27.2 Å². The van der Waals surface area contributed by atoms with Gasteiger partial charge in [0.1, 0.15) is 5.75 Å². The highest BCUT2D eigenvalue weighted by Gasteiger charge is 2.02. The summed E-state index contributed by atoms with van der Waals surface area (Å²) in [7, 11) is 0. The molecular weight excluding hydrogens is 200 g/mol. The predicted octanol–water partition coefficient (Wildman–Crippen LogP) is 2.40. The van der Waals surface area contributed by atoms with Crippen LogP contribution in [0, 0.1) is 12.8 Å². The van der Waals surface area contributed by atoms with Gasteiger partial charge in [0.15, 0.2) is 0 Å². The molecule has 1 N–H and O–H groups in total. The second kappa shape index (κ2) is 7.23. The Kier molecular flexibility index (Phi) is 5.86. The van der Waals surface area contributed by atoms with Crippen LogP contribution in [0.25, 0.3) is 0 Å². The van der Waals surface area contributed by atoms with Gasteiger partial charge in [-0.05, 0) is 32.0 Å². The van der Waals surface area contributed by atoms with Gasteiger partial charge < -0.3 is 10.1 Å². The van der Waals surface area contributed by atoms with Crippen molar-refractivity contribution in [2.75, 3.05) is 19.7 Å². The number of aromatic nitrogens is 1. The van der Waals surface area contributed by atoms with Crippen molar-refractivity contribution in [2.24, 2.45) is 5.92 Å². The lowest BCUT2D eigenvalue weighted by Gasteiger charge is -2.13. The molecule has 0 aliphatic rings. The van der Waals surface area contributed by atoms with Crippen LogP contribution in [0.3, 0.4) is 0 Å². The molecule has 90 valence electrons. The van der Waals surface area contributed by atoms with Crippen LogP contribution in [-0.4, -0.2) is 24.7 Å². The summed E-state index contributed by atoms with van der Waals surface area (Å²) in [6.07, 6.45) is 2.96. The fourth-order valence-corrected chi connectivity index (χ4v) is 1.36. The molecule has 3 heteroatoms. The smallest absolute Gasteiger partial charge is 0.137 e. The van der Waals surface area contributed by atoms with Gasteiger partial charge in [-0.25, -0.2) is 0 Å². The Morgan fingerprint density at radius 1 is 1.44 bits per heavy atom. The summed E-state index contributed by atoms with van der Waals surface area (Å²) < 4.78 is 5.65. The number of nitrogens with one attached hydrogen (secondary N) is 1. The highest BCUT2D eigenvalue weighted by molar-refractivity contribution is 5.18. The van der Waals surface area contributed by atoms with E-state index in [1.54, 1.807) is 6.20 Å². The first-order valence-electron chi connectivity index (χ1n) is 5.98. The van der Waals surface area contributed by atoms with E-state index in [4.69, 9.17) is 4.74 Å². The second-order valence-corrected chi connectivity index (χ2v) is 4.26. The maximum absolute atomic E-state index is 5.65. The number of aryl methyl sites for hydroxylation is 1. The number of hydrogen-bond donors (Lipinski definition) is 1. The summed E-state index contributed by atoms with van der Waals surface area (Å²) in [6.45, 7) is 9.16. The minimum absolute atomic E-state index is 0.521. The molecule has 0 amide bonds. The van der Waals surface area contributed by atoms with E-state index in [-0.39, 0.29) is 0 Å². The zero-order valence-electron chi connectivity index (χ0n) is 10.5. The number of hydrogen-bond acceptors (Lipinski definition) is 3. The Balaban J connectivity index is 2.20. The van der Waals surface area contributed by atoms with E-state index >= 15 is 0 Å². The Morgan fingerprint density at radius 3 is 2.88 bits per heavy atom. The Morgan fingerprint density at radius 2 is 2.25 bits per heavy atom. The molecule has 1 atom stereocenters. The first kappa shape index (κ1) is 13.0. The van der Waals surface area contributed by atoms with E-state index in [1.807, 2.05) is 19.1 Å². The highest BCUT2D eigenvalue weighted by atomic mass is 16.5. The quantitative estimate of drug-likeness (QED) is 0.719. The number of pyridine rings is 1. The van der Waals surface area contributed by atoms with Gasteiger partial charge in [0.2, 0.25) is 0 Å². The van der Waals surface area contributed by atoms with Gasteiger partial charge in [0, 0.05) is 18.2 Å². The lowest BCUT2D eigenvalue weighted by Crippen LogP contribution is -2.25. The molecule has 1 aromatic heterocycles. The van der Waals surface area contributed by atoms with Gasteiger partial charge in [0.05, 0.1) is 12.8 Å². The SMILES string of the molecule is CCCNCC(C)COc1ccc(C)nc1. The fourth-order valence-electron chi connectivity index (χ4n) is 1.36. The molecule has 0 aromatic carbocycles. The Labute approximate surface area is 98.2 Å². The number of rotatable bonds is 7. The maximum atomic E-state index is 5.65. The molecule has 0 bridgehead atoms. The van der Waals surface area contributed by atoms with E-state index in [0.717, 1.165) is 31.1 Å². The van der Waals surface area contributed by atoms with Crippen molar-refractivity contribution in [1.29, 1.82) is 0 Å². The summed E-state index contributed by atoms with van der Waals surface area (Å²) in [4.78, 5) is 4.19. The molecule has 0 saturated heterocycles. The van der Waals surface area contributed by atoms with Crippen LogP contribution < -0.4 is 10.1 Å². The first-order valence-corrected chi connectivity index (χ1v) is 5.98. The summed E-state index contributed by atoms with van der Waals surface area (Å²) in [5, 5.41) is 3.38. The summed E-state index contributed by atoms with van der Waals surface area (Å²) >= 11 is 0. The monoisotopic (exact) mass is 222 g/mol. The number of ether oxygens (including phenoxy) is 1. The second-order valence-electron chi connectivity index (χ2n) is 4.26. The zero-order valence-corrected chi connectivity index (χ0v) is 10.5. The van der Waals surface area contributed by atoms with Crippen LogP contribution in [-0.2, 0) is 0 Å². The molecule has 16 heavy (non-hydrogen) atoms. The molecule has 0 fully saturated rings. The molecule has 3 nitrogen and oxygen atoms in total. The predicted molar refractivity (Wildman–Crippen MR) is 66.8 cm³/mol. The van der Waals surface area contributed by atoms with Crippen molar-refractivity contribution >= 4 is 0 Å². The zero-order chi connectivity index (χ0) is 11.8. The van der Waals surface area contributed by atoms with Crippen LogP contribution in [0.15, 0.2) is 18.3 Å². The third kappa shape index (κ3) is 5.12. The Bertz CT molecular complexity index is 284. The molecule has 0 saturated carbocycles. The minimum atomic E-state index is 0.521. The molecule has 1 heterocycles. The van der Waals surface area contributed by atoms with Crippen molar-refractivity contribution in [3.05, 3.63) is 24.0 Å². The summed E-state index contributed by atoms with van der Waals surface area (Å²) in [5.74, 6) is 1.38. The molecule has 0 aliphatic heterocycles. The Hall–Kier alpha value is -1.09. The van der Waals surface area contributed by atoms with Crippen LogP contribution in [0.1, 0.15) is 26.0 Å². The molecule has 0 radical (unpaired) electrons. The molecule has 0 spiro atoms. The van der Waals surface area contributed by atoms with Gasteiger partial charge in [-0.3, -0.25) is 4.98 Å². The lowest BCUT2D eigenvalue weighted by molar-refractivity contribution is 0.255. The molecule has 1 aromatic rings. The van der Waals surface area contributed by atoms with Gasteiger partial charge in [-0.1, -0.05) is 13.8 Å². The average molecular weight is 222 g/mol. The van der Waals surface area contributed by atoms with Gasteiger partial charge >= 0.3 is 0 Å². The standard InChI is InChI=1S/C13H22N2O/c1-4-7-14-8-11(2)10-16-13-6-5-12(3)15-9-13/h5-6,9,11,14H,4,7-8,10H2,1-3H3. The third-order valence-corrected chi connectivity index (χ3v) is 2.34. The fraction of sp³-hybridized carbons (Fsp3) is 0.615.